The number of rotatable bonds is 7. The molecule has 2 aromatic rings. The van der Waals surface area contributed by atoms with Gasteiger partial charge in [0.25, 0.3) is 5.91 Å². The molecule has 3 rings (SSSR count). The van der Waals surface area contributed by atoms with Crippen molar-refractivity contribution in [2.45, 2.75) is 19.3 Å². The Bertz CT molecular complexity index is 753. The number of carbonyl (C=O) groups excluding carboxylic acids is 2. The number of amides is 2. The number of thiazole rings is 1. The number of anilines is 1. The van der Waals surface area contributed by atoms with Crippen LogP contribution in [0.1, 0.15) is 29.1 Å². The molecule has 3 N–H and O–H groups in total. The Balaban J connectivity index is 1.50. The maximum atomic E-state index is 11.9. The van der Waals surface area contributed by atoms with Crippen LogP contribution in [-0.2, 0) is 11.2 Å². The molecule has 0 atom stereocenters. The van der Waals surface area contributed by atoms with Crippen LogP contribution in [0.4, 0.5) is 5.13 Å². The molecule has 9 heteroatoms. The van der Waals surface area contributed by atoms with E-state index in [9.17, 15) is 14.7 Å². The molecule has 1 fully saturated rings. The van der Waals surface area contributed by atoms with Gasteiger partial charge in [-0.25, -0.2) is 4.98 Å². The Morgan fingerprint density at radius 1 is 1.42 bits per heavy atom. The van der Waals surface area contributed by atoms with Crippen molar-refractivity contribution in [1.82, 2.24) is 10.3 Å². The minimum atomic E-state index is -0.398. The summed E-state index contributed by atoms with van der Waals surface area (Å²) in [5.74, 6) is -0.368. The first-order valence-electron chi connectivity index (χ1n) is 7.38. The largest absolute Gasteiger partial charge is 0.444 e. The number of carbonyl (C=O) groups is 2. The molecule has 24 heavy (non-hydrogen) atoms. The molecular formula is C15H16BrN3O4S. The van der Waals surface area contributed by atoms with Crippen LogP contribution in [0.3, 0.4) is 0 Å². The summed E-state index contributed by atoms with van der Waals surface area (Å²) in [4.78, 5) is 28.1. The fourth-order valence-corrected chi connectivity index (χ4v) is 3.13. The smallest absolute Gasteiger partial charge is 0.293 e. The van der Waals surface area contributed by atoms with Crippen molar-refractivity contribution in [2.24, 2.45) is 5.41 Å². The van der Waals surface area contributed by atoms with Gasteiger partial charge in [-0.1, -0.05) is 0 Å². The lowest BCUT2D eigenvalue weighted by Crippen LogP contribution is -2.32. The van der Waals surface area contributed by atoms with Crippen LogP contribution in [0, 0.1) is 5.41 Å². The third-order valence-electron chi connectivity index (χ3n) is 3.86. The topological polar surface area (TPSA) is 104 Å². The number of aliphatic hydroxyl groups excluding tert-OH is 1. The normalized spacial score (nSPS) is 15.1. The molecule has 0 aromatic carbocycles. The van der Waals surface area contributed by atoms with Gasteiger partial charge in [-0.2, -0.15) is 0 Å². The second-order valence-electron chi connectivity index (χ2n) is 5.81. The second-order valence-corrected chi connectivity index (χ2v) is 7.45. The molecular weight excluding hydrogens is 398 g/mol. The molecule has 128 valence electrons. The summed E-state index contributed by atoms with van der Waals surface area (Å²) in [7, 11) is 0. The third kappa shape index (κ3) is 4.22. The monoisotopic (exact) mass is 413 g/mol. The molecule has 1 aliphatic carbocycles. The van der Waals surface area contributed by atoms with Crippen molar-refractivity contribution >= 4 is 44.2 Å². The van der Waals surface area contributed by atoms with E-state index in [0.717, 1.165) is 12.8 Å². The Labute approximate surface area is 150 Å². The lowest BCUT2D eigenvalue weighted by molar-refractivity contribution is -0.120. The van der Waals surface area contributed by atoms with Crippen LogP contribution in [0.5, 0.6) is 0 Å². The van der Waals surface area contributed by atoms with Gasteiger partial charge in [0.15, 0.2) is 15.6 Å². The van der Waals surface area contributed by atoms with Gasteiger partial charge in [0.05, 0.1) is 18.7 Å². The molecule has 0 spiro atoms. The summed E-state index contributed by atoms with van der Waals surface area (Å²) in [6.45, 7) is 0.590. The highest BCUT2D eigenvalue weighted by Gasteiger charge is 2.42. The summed E-state index contributed by atoms with van der Waals surface area (Å²) >= 11 is 4.38. The minimum Gasteiger partial charge on any atom is -0.444 e. The van der Waals surface area contributed by atoms with Crippen molar-refractivity contribution in [3.8, 4) is 0 Å². The number of furan rings is 1. The van der Waals surface area contributed by atoms with E-state index in [0.29, 0.717) is 22.0 Å². The first kappa shape index (κ1) is 17.1. The van der Waals surface area contributed by atoms with E-state index in [1.54, 1.807) is 17.5 Å². The van der Waals surface area contributed by atoms with Crippen molar-refractivity contribution in [3.63, 3.8) is 0 Å². The van der Waals surface area contributed by atoms with Crippen molar-refractivity contribution < 1.29 is 19.1 Å². The number of aromatic nitrogens is 1. The van der Waals surface area contributed by atoms with Crippen molar-refractivity contribution in [3.05, 3.63) is 33.6 Å². The van der Waals surface area contributed by atoms with Crippen LogP contribution in [0.25, 0.3) is 0 Å². The highest BCUT2D eigenvalue weighted by molar-refractivity contribution is 9.10. The zero-order valence-electron chi connectivity index (χ0n) is 12.7. The fourth-order valence-electron chi connectivity index (χ4n) is 2.12. The predicted octanol–water partition coefficient (Wildman–Crippen LogP) is 2.18. The fraction of sp³-hybridized carbons (Fsp3) is 0.400. The SMILES string of the molecule is O=C(Cc1csc(NC(=O)c2ccc(Br)o2)n1)NCC1(CO)CC1. The van der Waals surface area contributed by atoms with E-state index >= 15 is 0 Å². The van der Waals surface area contributed by atoms with Crippen LogP contribution in [0.15, 0.2) is 26.6 Å². The van der Waals surface area contributed by atoms with E-state index < -0.39 is 5.91 Å². The number of hydrogen-bond donors (Lipinski definition) is 3. The van der Waals surface area contributed by atoms with Gasteiger partial charge in [0.1, 0.15) is 0 Å². The summed E-state index contributed by atoms with van der Waals surface area (Å²) in [6.07, 6.45) is 2.03. The van der Waals surface area contributed by atoms with Crippen LogP contribution in [-0.4, -0.2) is 35.1 Å². The molecule has 7 nitrogen and oxygen atoms in total. The third-order valence-corrected chi connectivity index (χ3v) is 5.10. The summed E-state index contributed by atoms with van der Waals surface area (Å²) in [5.41, 5.74) is 0.469. The number of nitrogens with zero attached hydrogens (tertiary/aromatic N) is 1. The minimum absolute atomic E-state index is 0.100. The molecule has 0 saturated heterocycles. The van der Waals surface area contributed by atoms with Crippen LogP contribution < -0.4 is 10.6 Å². The van der Waals surface area contributed by atoms with Crippen molar-refractivity contribution in [2.75, 3.05) is 18.5 Å². The number of nitrogens with one attached hydrogen (secondary N) is 2. The Morgan fingerprint density at radius 3 is 2.83 bits per heavy atom. The first-order valence-corrected chi connectivity index (χ1v) is 9.06. The number of halogens is 1. The summed E-state index contributed by atoms with van der Waals surface area (Å²) < 4.78 is 5.64. The quantitative estimate of drug-likeness (QED) is 0.644. The average molecular weight is 414 g/mol. The number of aliphatic hydroxyl groups is 1. The van der Waals surface area contributed by atoms with Crippen molar-refractivity contribution in [1.29, 1.82) is 0 Å². The van der Waals surface area contributed by atoms with Gasteiger partial charge >= 0.3 is 0 Å². The maximum absolute atomic E-state index is 11.9. The molecule has 0 aliphatic heterocycles. The van der Waals surface area contributed by atoms with Crippen LogP contribution >= 0.6 is 27.3 Å². The van der Waals surface area contributed by atoms with E-state index in [1.165, 1.54) is 11.3 Å². The lowest BCUT2D eigenvalue weighted by Gasteiger charge is -2.12. The molecule has 1 saturated carbocycles. The molecule has 2 amide bonds. The summed E-state index contributed by atoms with van der Waals surface area (Å²) in [6, 6.07) is 3.18. The van der Waals surface area contributed by atoms with E-state index in [-0.39, 0.29) is 30.1 Å². The van der Waals surface area contributed by atoms with Crippen LogP contribution in [0.2, 0.25) is 0 Å². The molecule has 2 aromatic heterocycles. The van der Waals surface area contributed by atoms with E-state index in [2.05, 4.69) is 31.5 Å². The Hall–Kier alpha value is -1.71. The lowest BCUT2D eigenvalue weighted by atomic mass is 10.1. The zero-order chi connectivity index (χ0) is 17.2. The summed E-state index contributed by atoms with van der Waals surface area (Å²) in [5, 5.41) is 16.8. The molecule has 0 unspecified atom stereocenters. The van der Waals surface area contributed by atoms with E-state index in [4.69, 9.17) is 4.42 Å². The highest BCUT2D eigenvalue weighted by atomic mass is 79.9. The second kappa shape index (κ2) is 7.04. The van der Waals surface area contributed by atoms with E-state index in [1.807, 2.05) is 0 Å². The molecule has 2 heterocycles. The van der Waals surface area contributed by atoms with Gasteiger partial charge in [-0.15, -0.1) is 11.3 Å². The predicted molar refractivity (Wildman–Crippen MR) is 91.9 cm³/mol. The zero-order valence-corrected chi connectivity index (χ0v) is 15.1. The Morgan fingerprint density at radius 2 is 2.21 bits per heavy atom. The van der Waals surface area contributed by atoms with Gasteiger partial charge < -0.3 is 14.8 Å². The maximum Gasteiger partial charge on any atom is 0.293 e. The van der Waals surface area contributed by atoms with Gasteiger partial charge in [0.2, 0.25) is 5.91 Å². The molecule has 0 bridgehead atoms. The van der Waals surface area contributed by atoms with Gasteiger partial charge in [-0.05, 0) is 40.9 Å². The van der Waals surface area contributed by atoms with Gasteiger partial charge in [-0.3, -0.25) is 14.9 Å². The standard InChI is InChI=1S/C15H16BrN3O4S/c16-11-2-1-10(23-11)13(22)19-14-18-9(6-24-14)5-12(21)17-7-15(8-20)3-4-15/h1-2,6,20H,3-5,7-8H2,(H,17,21)(H,18,19,22). The molecule has 0 radical (unpaired) electrons. The van der Waals surface area contributed by atoms with Gasteiger partial charge in [0, 0.05) is 17.3 Å². The molecule has 1 aliphatic rings. The first-order chi connectivity index (χ1) is 11.5. The number of hydrogen-bond acceptors (Lipinski definition) is 6. The Kier molecular flexibility index (Phi) is 5.02. The average Bonchev–Trinajstić information content (AvgIpc) is 3.00. The highest BCUT2D eigenvalue weighted by Crippen LogP contribution is 2.44.